The Balaban J connectivity index is 1.76. The molecule has 114 valence electrons. The molecule has 0 aliphatic heterocycles. The summed E-state index contributed by atoms with van der Waals surface area (Å²) in [6.45, 7) is 1.17. The van der Waals surface area contributed by atoms with E-state index in [0.29, 0.717) is 24.6 Å². The molecule has 0 amide bonds. The van der Waals surface area contributed by atoms with E-state index in [9.17, 15) is 15.2 Å². The second-order valence-electron chi connectivity index (χ2n) is 5.49. The first-order valence-corrected chi connectivity index (χ1v) is 7.47. The van der Waals surface area contributed by atoms with Crippen LogP contribution in [0.4, 0.5) is 5.69 Å². The molecule has 1 unspecified atom stereocenters. The van der Waals surface area contributed by atoms with Gasteiger partial charge < -0.3 is 10.4 Å². The Bertz CT molecular complexity index is 496. The molecule has 0 saturated heterocycles. The van der Waals surface area contributed by atoms with Gasteiger partial charge in [-0.05, 0) is 24.8 Å². The molecule has 5 heteroatoms. The maximum absolute atomic E-state index is 10.9. The van der Waals surface area contributed by atoms with Crippen molar-refractivity contribution in [3.05, 3.63) is 46.0 Å². The van der Waals surface area contributed by atoms with Gasteiger partial charge in [-0.15, -0.1) is 0 Å². The molecule has 1 aliphatic carbocycles. The minimum Gasteiger partial charge on any atom is -0.392 e. The average Bonchev–Trinajstić information content (AvgIpc) is 3.01. The molecule has 0 aromatic heterocycles. The minimum atomic E-state index is -0.378. The smallest absolute Gasteiger partial charge is 0.276 e. The van der Waals surface area contributed by atoms with Crippen molar-refractivity contribution < 1.29 is 10.0 Å². The number of nitro groups is 1. The third-order valence-corrected chi connectivity index (χ3v) is 3.99. The van der Waals surface area contributed by atoms with Crippen molar-refractivity contribution in [2.24, 2.45) is 5.92 Å². The van der Waals surface area contributed by atoms with Crippen LogP contribution in [0, 0.1) is 16.0 Å². The monoisotopic (exact) mass is 290 g/mol. The topological polar surface area (TPSA) is 75.4 Å². The molecule has 5 nitrogen and oxygen atoms in total. The lowest BCUT2D eigenvalue weighted by Crippen LogP contribution is -2.31. The highest BCUT2D eigenvalue weighted by Crippen LogP contribution is 2.27. The van der Waals surface area contributed by atoms with Crippen LogP contribution >= 0.6 is 0 Å². The van der Waals surface area contributed by atoms with Crippen LogP contribution < -0.4 is 5.32 Å². The van der Waals surface area contributed by atoms with Gasteiger partial charge in [-0.1, -0.05) is 37.1 Å². The molecule has 0 spiro atoms. The highest BCUT2D eigenvalue weighted by molar-refractivity contribution is 5.60. The summed E-state index contributed by atoms with van der Waals surface area (Å²) >= 11 is 0. The maximum atomic E-state index is 10.9. The van der Waals surface area contributed by atoms with E-state index in [2.05, 4.69) is 5.32 Å². The number of hydrogen-bond acceptors (Lipinski definition) is 4. The van der Waals surface area contributed by atoms with Crippen molar-refractivity contribution in [2.45, 2.75) is 31.8 Å². The number of rotatable bonds is 7. The summed E-state index contributed by atoms with van der Waals surface area (Å²) < 4.78 is 0. The number of benzene rings is 1. The van der Waals surface area contributed by atoms with Gasteiger partial charge in [-0.25, -0.2) is 0 Å². The SMILES string of the molecule is O=[N+]([O-])c1ccccc1/C=C/CNCC(O)C1CCCC1. The number of hydrogen-bond donors (Lipinski definition) is 2. The lowest BCUT2D eigenvalue weighted by Gasteiger charge is -2.17. The standard InChI is InChI=1S/C16H22N2O3/c19-16(14-7-1-2-8-14)12-17-11-5-9-13-6-3-4-10-15(13)18(20)21/h3-6,9-10,14,16-17,19H,1-2,7-8,11-12H2/b9-5+. The molecule has 1 aliphatic rings. The minimum absolute atomic E-state index is 0.111. The van der Waals surface area contributed by atoms with Gasteiger partial charge in [-0.2, -0.15) is 0 Å². The number of para-hydroxylation sites is 1. The van der Waals surface area contributed by atoms with Gasteiger partial charge in [0.1, 0.15) is 0 Å². The Labute approximate surface area is 124 Å². The first-order chi connectivity index (χ1) is 10.2. The highest BCUT2D eigenvalue weighted by atomic mass is 16.6. The normalized spacial score (nSPS) is 17.4. The van der Waals surface area contributed by atoms with Crippen molar-refractivity contribution in [3.8, 4) is 0 Å². The molecule has 0 heterocycles. The number of nitro benzene ring substituents is 1. The third-order valence-electron chi connectivity index (χ3n) is 3.99. The molecule has 0 bridgehead atoms. The van der Waals surface area contributed by atoms with Gasteiger partial charge in [0, 0.05) is 19.2 Å². The Kier molecular flexibility index (Phi) is 5.90. The van der Waals surface area contributed by atoms with Crippen LogP contribution in [0.15, 0.2) is 30.3 Å². The number of aliphatic hydroxyl groups is 1. The van der Waals surface area contributed by atoms with E-state index >= 15 is 0 Å². The zero-order valence-corrected chi connectivity index (χ0v) is 12.1. The van der Waals surface area contributed by atoms with E-state index in [0.717, 1.165) is 12.8 Å². The van der Waals surface area contributed by atoms with Gasteiger partial charge in [-0.3, -0.25) is 10.1 Å². The van der Waals surface area contributed by atoms with Crippen molar-refractivity contribution in [3.63, 3.8) is 0 Å². The van der Waals surface area contributed by atoms with Crippen molar-refractivity contribution in [1.29, 1.82) is 0 Å². The number of nitrogens with one attached hydrogen (secondary N) is 1. The van der Waals surface area contributed by atoms with Crippen LogP contribution in [0.1, 0.15) is 31.2 Å². The molecule has 1 aromatic carbocycles. The first-order valence-electron chi connectivity index (χ1n) is 7.47. The lowest BCUT2D eigenvalue weighted by molar-refractivity contribution is -0.385. The lowest BCUT2D eigenvalue weighted by atomic mass is 10.0. The fourth-order valence-electron chi connectivity index (χ4n) is 2.80. The summed E-state index contributed by atoms with van der Waals surface area (Å²) in [5, 5.41) is 24.1. The fourth-order valence-corrected chi connectivity index (χ4v) is 2.80. The molecule has 2 rings (SSSR count). The predicted octanol–water partition coefficient (Wildman–Crippen LogP) is 2.75. The van der Waals surface area contributed by atoms with E-state index in [-0.39, 0.29) is 16.7 Å². The van der Waals surface area contributed by atoms with Crippen molar-refractivity contribution >= 4 is 11.8 Å². The summed E-state index contributed by atoms with van der Waals surface area (Å²) in [6.07, 6.45) is 7.99. The van der Waals surface area contributed by atoms with Crippen LogP contribution in [0.3, 0.4) is 0 Å². The molecule has 2 N–H and O–H groups in total. The van der Waals surface area contributed by atoms with Gasteiger partial charge in [0.15, 0.2) is 0 Å². The zero-order valence-electron chi connectivity index (χ0n) is 12.1. The molecule has 1 aromatic rings. The number of nitrogens with zero attached hydrogens (tertiary/aromatic N) is 1. The second kappa shape index (κ2) is 7.90. The van der Waals surface area contributed by atoms with E-state index in [1.54, 1.807) is 24.3 Å². The molecule has 21 heavy (non-hydrogen) atoms. The molecule has 1 fully saturated rings. The quantitative estimate of drug-likeness (QED) is 0.460. The second-order valence-corrected chi connectivity index (χ2v) is 5.49. The van der Waals surface area contributed by atoms with Crippen LogP contribution in [-0.4, -0.2) is 29.2 Å². The molecule has 1 atom stereocenters. The third kappa shape index (κ3) is 4.65. The van der Waals surface area contributed by atoms with Crippen LogP contribution in [0.2, 0.25) is 0 Å². The van der Waals surface area contributed by atoms with Gasteiger partial charge in [0.05, 0.1) is 16.6 Å². The van der Waals surface area contributed by atoms with E-state index in [4.69, 9.17) is 0 Å². The van der Waals surface area contributed by atoms with Crippen molar-refractivity contribution in [1.82, 2.24) is 5.32 Å². The van der Waals surface area contributed by atoms with E-state index in [1.807, 2.05) is 6.08 Å². The van der Waals surface area contributed by atoms with Crippen LogP contribution in [0.25, 0.3) is 6.08 Å². The Morgan fingerprint density at radius 2 is 2.10 bits per heavy atom. The van der Waals surface area contributed by atoms with Crippen molar-refractivity contribution in [2.75, 3.05) is 13.1 Å². The van der Waals surface area contributed by atoms with E-state index in [1.165, 1.54) is 18.9 Å². The molecular weight excluding hydrogens is 268 g/mol. The largest absolute Gasteiger partial charge is 0.392 e. The number of aliphatic hydroxyl groups excluding tert-OH is 1. The highest BCUT2D eigenvalue weighted by Gasteiger charge is 2.22. The van der Waals surface area contributed by atoms with Crippen LogP contribution in [-0.2, 0) is 0 Å². The maximum Gasteiger partial charge on any atom is 0.276 e. The van der Waals surface area contributed by atoms with Gasteiger partial charge in [0.2, 0.25) is 0 Å². The predicted molar refractivity (Wildman–Crippen MR) is 83.0 cm³/mol. The summed E-state index contributed by atoms with van der Waals surface area (Å²) in [4.78, 5) is 10.5. The van der Waals surface area contributed by atoms with Gasteiger partial charge >= 0.3 is 0 Å². The Morgan fingerprint density at radius 1 is 1.38 bits per heavy atom. The first kappa shape index (κ1) is 15.7. The fraction of sp³-hybridized carbons (Fsp3) is 0.500. The molecular formula is C16H22N2O3. The summed E-state index contributed by atoms with van der Waals surface area (Å²) in [7, 11) is 0. The molecule has 1 saturated carbocycles. The summed E-state index contributed by atoms with van der Waals surface area (Å²) in [5.41, 5.74) is 0.709. The zero-order chi connectivity index (χ0) is 15.1. The Hall–Kier alpha value is -1.72. The summed E-state index contributed by atoms with van der Waals surface area (Å²) in [6, 6.07) is 6.66. The van der Waals surface area contributed by atoms with Crippen LogP contribution in [0.5, 0.6) is 0 Å². The summed E-state index contributed by atoms with van der Waals surface area (Å²) in [5.74, 6) is 0.427. The van der Waals surface area contributed by atoms with Gasteiger partial charge in [0.25, 0.3) is 5.69 Å². The molecule has 0 radical (unpaired) electrons. The average molecular weight is 290 g/mol. The Morgan fingerprint density at radius 3 is 2.81 bits per heavy atom. The van der Waals surface area contributed by atoms with E-state index < -0.39 is 0 Å².